The molecule has 0 radical (unpaired) electrons. The number of amides is 1. The van der Waals surface area contributed by atoms with Crippen molar-refractivity contribution in [1.82, 2.24) is 24.6 Å². The molecule has 1 saturated heterocycles. The average molecular weight is 436 g/mol. The first kappa shape index (κ1) is 21.6. The Hall–Kier alpha value is -3.62. The lowest BCUT2D eigenvalue weighted by Crippen LogP contribution is -2.40. The summed E-state index contributed by atoms with van der Waals surface area (Å²) in [5.41, 5.74) is 2.19. The lowest BCUT2D eigenvalue weighted by atomic mass is 9.93. The zero-order valence-corrected chi connectivity index (χ0v) is 18.3. The molecule has 0 unspecified atom stereocenters. The Morgan fingerprint density at radius 3 is 2.56 bits per heavy atom. The molecule has 8 nitrogen and oxygen atoms in total. The molecule has 0 aliphatic carbocycles. The molecule has 3 aromatic rings. The largest absolute Gasteiger partial charge is 0.347 e. The van der Waals surface area contributed by atoms with Crippen LogP contribution in [0.15, 0.2) is 47.4 Å². The van der Waals surface area contributed by atoms with Crippen LogP contribution >= 0.6 is 0 Å². The van der Waals surface area contributed by atoms with Gasteiger partial charge in [0, 0.05) is 45.5 Å². The fourth-order valence-electron chi connectivity index (χ4n) is 3.93. The van der Waals surface area contributed by atoms with Crippen LogP contribution < -0.4 is 10.5 Å². The van der Waals surface area contributed by atoms with Crippen LogP contribution in [-0.2, 0) is 7.05 Å². The Morgan fingerprint density at radius 2 is 1.88 bits per heavy atom. The summed E-state index contributed by atoms with van der Waals surface area (Å²) in [6.45, 7) is 0.554. The number of anilines is 1. The summed E-state index contributed by atoms with van der Waals surface area (Å²) in [6, 6.07) is 8.69. The molecule has 166 valence electrons. The van der Waals surface area contributed by atoms with Gasteiger partial charge in [0.25, 0.3) is 11.5 Å². The lowest BCUT2D eigenvalue weighted by molar-refractivity contribution is 0.0598. The van der Waals surface area contributed by atoms with Gasteiger partial charge in [-0.15, -0.1) is 0 Å². The van der Waals surface area contributed by atoms with Crippen LogP contribution in [0.25, 0.3) is 11.1 Å². The van der Waals surface area contributed by atoms with E-state index in [4.69, 9.17) is 4.98 Å². The standard InChI is InChI=1S/C23H25FN6O2/c1-28(2)23-25-14-17(15-7-9-16(24)10-8-15)21(26-23)19-6-4-5-13-30(19)22(32)18-11-12-20(31)29(3)27-18/h7-12,14,19H,4-6,13H2,1-3H3/t19-/m1/s1. The number of rotatable bonds is 4. The first-order valence-electron chi connectivity index (χ1n) is 10.5. The maximum Gasteiger partial charge on any atom is 0.274 e. The van der Waals surface area contributed by atoms with Gasteiger partial charge < -0.3 is 9.80 Å². The minimum Gasteiger partial charge on any atom is -0.347 e. The summed E-state index contributed by atoms with van der Waals surface area (Å²) in [7, 11) is 5.23. The van der Waals surface area contributed by atoms with Gasteiger partial charge in [-0.25, -0.2) is 19.0 Å². The number of nitrogens with zero attached hydrogens (tertiary/aromatic N) is 6. The van der Waals surface area contributed by atoms with E-state index in [9.17, 15) is 14.0 Å². The smallest absolute Gasteiger partial charge is 0.274 e. The number of aromatic nitrogens is 4. The van der Waals surface area contributed by atoms with Crippen molar-refractivity contribution in [2.75, 3.05) is 25.5 Å². The molecule has 1 fully saturated rings. The molecule has 3 heterocycles. The van der Waals surface area contributed by atoms with Gasteiger partial charge in [-0.05, 0) is 43.0 Å². The second-order valence-electron chi connectivity index (χ2n) is 8.06. The maximum atomic E-state index is 13.5. The van der Waals surface area contributed by atoms with E-state index in [2.05, 4.69) is 10.1 Å². The molecular weight excluding hydrogens is 411 g/mol. The lowest BCUT2D eigenvalue weighted by Gasteiger charge is -2.36. The molecule has 0 N–H and O–H groups in total. The van der Waals surface area contributed by atoms with E-state index >= 15 is 0 Å². The van der Waals surface area contributed by atoms with Crippen LogP contribution in [-0.4, -0.2) is 51.2 Å². The number of carbonyl (C=O) groups is 1. The number of aryl methyl sites for hydroxylation is 1. The fourth-order valence-corrected chi connectivity index (χ4v) is 3.93. The summed E-state index contributed by atoms with van der Waals surface area (Å²) >= 11 is 0. The number of hydrogen-bond donors (Lipinski definition) is 0. The molecule has 9 heteroatoms. The molecular formula is C23H25FN6O2. The molecule has 0 bridgehead atoms. The Morgan fingerprint density at radius 1 is 1.12 bits per heavy atom. The van der Waals surface area contributed by atoms with Gasteiger partial charge in [-0.2, -0.15) is 5.10 Å². The number of benzene rings is 1. The van der Waals surface area contributed by atoms with Crippen LogP contribution in [0.5, 0.6) is 0 Å². The number of carbonyl (C=O) groups excluding carboxylic acids is 1. The highest BCUT2D eigenvalue weighted by atomic mass is 19.1. The van der Waals surface area contributed by atoms with Crippen LogP contribution in [0.2, 0.25) is 0 Å². The van der Waals surface area contributed by atoms with Gasteiger partial charge in [0.15, 0.2) is 0 Å². The average Bonchev–Trinajstić information content (AvgIpc) is 2.80. The third-order valence-electron chi connectivity index (χ3n) is 5.62. The van der Waals surface area contributed by atoms with Crippen LogP contribution in [0.4, 0.5) is 10.3 Å². The topological polar surface area (TPSA) is 84.2 Å². The number of piperidine rings is 1. The minimum atomic E-state index is -0.323. The molecule has 1 aliphatic rings. The monoisotopic (exact) mass is 436 g/mol. The number of likely N-dealkylation sites (tertiary alicyclic amines) is 1. The highest BCUT2D eigenvalue weighted by Gasteiger charge is 2.33. The Labute approximate surface area is 185 Å². The Balaban J connectivity index is 1.80. The molecule has 1 atom stereocenters. The minimum absolute atomic E-state index is 0.212. The summed E-state index contributed by atoms with van der Waals surface area (Å²) < 4.78 is 14.7. The third-order valence-corrected chi connectivity index (χ3v) is 5.62. The van der Waals surface area contributed by atoms with Crippen molar-refractivity contribution in [3.8, 4) is 11.1 Å². The number of halogens is 1. The molecule has 1 aromatic carbocycles. The molecule has 4 rings (SSSR count). The predicted octanol–water partition coefficient (Wildman–Crippen LogP) is 2.81. The van der Waals surface area contributed by atoms with Gasteiger partial charge in [0.2, 0.25) is 5.95 Å². The molecule has 1 amide bonds. The first-order valence-corrected chi connectivity index (χ1v) is 10.5. The van der Waals surface area contributed by atoms with Gasteiger partial charge in [-0.1, -0.05) is 12.1 Å². The highest BCUT2D eigenvalue weighted by molar-refractivity contribution is 5.92. The van der Waals surface area contributed by atoms with Crippen LogP contribution in [0.1, 0.15) is 41.5 Å². The first-order chi connectivity index (χ1) is 15.3. The third kappa shape index (κ3) is 4.23. The van der Waals surface area contributed by atoms with E-state index in [0.29, 0.717) is 18.2 Å². The van der Waals surface area contributed by atoms with Crippen LogP contribution in [0.3, 0.4) is 0 Å². The van der Waals surface area contributed by atoms with Gasteiger partial charge in [-0.3, -0.25) is 9.59 Å². The van der Waals surface area contributed by atoms with Crippen molar-refractivity contribution in [3.05, 3.63) is 70.2 Å². The van der Waals surface area contributed by atoms with Gasteiger partial charge in [0.1, 0.15) is 11.5 Å². The summed E-state index contributed by atoms with van der Waals surface area (Å²) in [5.74, 6) is -0.0409. The van der Waals surface area contributed by atoms with E-state index in [0.717, 1.165) is 35.1 Å². The van der Waals surface area contributed by atoms with Crippen molar-refractivity contribution in [1.29, 1.82) is 0 Å². The quantitative estimate of drug-likeness (QED) is 0.625. The number of hydrogen-bond acceptors (Lipinski definition) is 6. The van der Waals surface area contributed by atoms with Crippen molar-refractivity contribution >= 4 is 11.9 Å². The Bertz CT molecular complexity index is 1190. The second-order valence-corrected chi connectivity index (χ2v) is 8.06. The summed E-state index contributed by atoms with van der Waals surface area (Å²) in [5, 5.41) is 4.14. The molecule has 1 aliphatic heterocycles. The molecule has 2 aromatic heterocycles. The van der Waals surface area contributed by atoms with Gasteiger partial charge >= 0.3 is 0 Å². The SMILES string of the molecule is CN(C)c1ncc(-c2ccc(F)cc2)c([C@H]2CCCCN2C(=O)c2ccc(=O)n(C)n2)n1. The van der Waals surface area contributed by atoms with Crippen LogP contribution in [0, 0.1) is 5.82 Å². The van der Waals surface area contributed by atoms with Crippen molar-refractivity contribution in [2.24, 2.45) is 7.05 Å². The van der Waals surface area contributed by atoms with Gasteiger partial charge in [0.05, 0.1) is 11.7 Å². The summed E-state index contributed by atoms with van der Waals surface area (Å²) in [6.07, 6.45) is 4.27. The van der Waals surface area contributed by atoms with E-state index in [-0.39, 0.29) is 29.0 Å². The zero-order chi connectivity index (χ0) is 22.8. The van der Waals surface area contributed by atoms with E-state index in [1.54, 1.807) is 23.2 Å². The van der Waals surface area contributed by atoms with Crippen molar-refractivity contribution in [2.45, 2.75) is 25.3 Å². The predicted molar refractivity (Wildman–Crippen MR) is 119 cm³/mol. The highest BCUT2D eigenvalue weighted by Crippen LogP contribution is 2.37. The van der Waals surface area contributed by atoms with E-state index < -0.39 is 0 Å². The van der Waals surface area contributed by atoms with E-state index in [1.807, 2.05) is 19.0 Å². The molecule has 32 heavy (non-hydrogen) atoms. The van der Waals surface area contributed by atoms with E-state index in [1.165, 1.54) is 31.3 Å². The molecule has 0 spiro atoms. The maximum absolute atomic E-state index is 13.5. The fraction of sp³-hybridized carbons (Fsp3) is 0.348. The normalized spacial score (nSPS) is 16.1. The zero-order valence-electron chi connectivity index (χ0n) is 18.3. The second kappa shape index (κ2) is 8.86. The molecule has 0 saturated carbocycles. The Kier molecular flexibility index (Phi) is 5.98. The van der Waals surface area contributed by atoms with Crippen molar-refractivity contribution in [3.63, 3.8) is 0 Å². The van der Waals surface area contributed by atoms with Crippen molar-refractivity contribution < 1.29 is 9.18 Å². The summed E-state index contributed by atoms with van der Waals surface area (Å²) in [4.78, 5) is 37.9.